The fourth-order valence-electron chi connectivity index (χ4n) is 1.79. The fraction of sp³-hybridized carbons (Fsp3) is 0. The van der Waals surface area contributed by atoms with Crippen LogP contribution in [0.1, 0.15) is 10.5 Å². The number of furan rings is 1. The third-order valence-electron chi connectivity index (χ3n) is 2.66. The second-order valence-corrected chi connectivity index (χ2v) is 3.83. The number of hydrogen-bond donors (Lipinski definition) is 0. The predicted molar refractivity (Wildman–Crippen MR) is 64.8 cm³/mol. The first-order valence-corrected chi connectivity index (χ1v) is 5.38. The number of aromatic nitrogens is 1. The minimum absolute atomic E-state index is 0.215. The molecule has 0 bridgehead atoms. The van der Waals surface area contributed by atoms with Crippen LogP contribution in [0.2, 0.25) is 0 Å². The lowest BCUT2D eigenvalue weighted by molar-refractivity contribution is 0.111. The van der Waals surface area contributed by atoms with Crippen LogP contribution in [0.25, 0.3) is 22.4 Å². The maximum atomic E-state index is 13.2. The smallest absolute Gasteiger partial charge is 0.171 e. The molecular formula is C14H8FNO2. The first-order valence-electron chi connectivity index (χ1n) is 5.38. The molecule has 0 aliphatic carbocycles. The van der Waals surface area contributed by atoms with Gasteiger partial charge < -0.3 is 4.42 Å². The summed E-state index contributed by atoms with van der Waals surface area (Å²) < 4.78 is 18.8. The minimum Gasteiger partial charge on any atom is -0.454 e. The van der Waals surface area contributed by atoms with Crippen LogP contribution in [0.5, 0.6) is 0 Å². The van der Waals surface area contributed by atoms with Crippen molar-refractivity contribution in [1.29, 1.82) is 0 Å². The molecule has 0 amide bonds. The zero-order chi connectivity index (χ0) is 12.5. The van der Waals surface area contributed by atoms with E-state index in [0.29, 0.717) is 17.7 Å². The van der Waals surface area contributed by atoms with Gasteiger partial charge in [0.15, 0.2) is 17.9 Å². The number of hydrogen-bond acceptors (Lipinski definition) is 3. The van der Waals surface area contributed by atoms with Gasteiger partial charge in [-0.2, -0.15) is 0 Å². The summed E-state index contributed by atoms with van der Waals surface area (Å²) in [6.07, 6.45) is 0.390. The number of para-hydroxylation sites is 1. The first-order chi connectivity index (χ1) is 8.78. The van der Waals surface area contributed by atoms with E-state index in [1.807, 2.05) is 30.3 Å². The molecular weight excluding hydrogens is 233 g/mol. The average molecular weight is 241 g/mol. The van der Waals surface area contributed by atoms with E-state index in [0.717, 1.165) is 11.0 Å². The number of benzene rings is 1. The molecule has 2 aromatic heterocycles. The predicted octanol–water partition coefficient (Wildman–Crippen LogP) is 3.45. The van der Waals surface area contributed by atoms with Crippen LogP contribution in [0.15, 0.2) is 46.9 Å². The number of rotatable bonds is 2. The molecule has 0 aliphatic rings. The Bertz CT molecular complexity index is 700. The van der Waals surface area contributed by atoms with Crippen LogP contribution in [0, 0.1) is 5.82 Å². The van der Waals surface area contributed by atoms with Crippen molar-refractivity contribution in [3.05, 3.63) is 54.0 Å². The molecule has 1 aromatic carbocycles. The van der Waals surface area contributed by atoms with Crippen LogP contribution in [-0.4, -0.2) is 11.3 Å². The van der Waals surface area contributed by atoms with Crippen molar-refractivity contribution in [3.63, 3.8) is 0 Å². The molecule has 0 saturated carbocycles. The fourth-order valence-corrected chi connectivity index (χ4v) is 1.79. The minimum atomic E-state index is -0.634. The summed E-state index contributed by atoms with van der Waals surface area (Å²) in [5.74, 6) is -0.121. The van der Waals surface area contributed by atoms with E-state index in [1.54, 1.807) is 0 Å². The van der Waals surface area contributed by atoms with Gasteiger partial charge >= 0.3 is 0 Å². The van der Waals surface area contributed by atoms with E-state index in [4.69, 9.17) is 4.42 Å². The second kappa shape index (κ2) is 4.07. The van der Waals surface area contributed by atoms with E-state index in [-0.39, 0.29) is 5.69 Å². The second-order valence-electron chi connectivity index (χ2n) is 3.83. The maximum Gasteiger partial charge on any atom is 0.171 e. The van der Waals surface area contributed by atoms with Crippen molar-refractivity contribution in [1.82, 2.24) is 4.98 Å². The van der Waals surface area contributed by atoms with Crippen molar-refractivity contribution in [2.45, 2.75) is 0 Å². The van der Waals surface area contributed by atoms with Crippen molar-refractivity contribution in [2.24, 2.45) is 0 Å². The summed E-state index contributed by atoms with van der Waals surface area (Å²) in [5, 5.41) is 0.936. The first kappa shape index (κ1) is 10.7. The number of halogens is 1. The molecule has 2 heterocycles. The quantitative estimate of drug-likeness (QED) is 0.645. The largest absolute Gasteiger partial charge is 0.454 e. The van der Waals surface area contributed by atoms with Crippen LogP contribution in [0.4, 0.5) is 4.39 Å². The number of nitrogens with zero attached hydrogens (tertiary/aromatic N) is 1. The monoisotopic (exact) mass is 241 g/mol. The van der Waals surface area contributed by atoms with Gasteiger partial charge in [-0.15, -0.1) is 0 Å². The van der Waals surface area contributed by atoms with Crippen molar-refractivity contribution < 1.29 is 13.6 Å². The number of pyridine rings is 1. The van der Waals surface area contributed by atoms with Crippen molar-refractivity contribution in [2.75, 3.05) is 0 Å². The Morgan fingerprint density at radius 3 is 2.78 bits per heavy atom. The van der Waals surface area contributed by atoms with Crippen molar-refractivity contribution >= 4 is 17.3 Å². The Hall–Kier alpha value is -2.49. The Labute approximate surface area is 102 Å². The summed E-state index contributed by atoms with van der Waals surface area (Å²) in [4.78, 5) is 14.6. The summed E-state index contributed by atoms with van der Waals surface area (Å²) in [6, 6.07) is 12.0. The molecule has 0 radical (unpaired) electrons. The molecule has 3 nitrogen and oxygen atoms in total. The van der Waals surface area contributed by atoms with Crippen LogP contribution in [0.3, 0.4) is 0 Å². The van der Waals surface area contributed by atoms with Gasteiger partial charge in [0.1, 0.15) is 17.0 Å². The van der Waals surface area contributed by atoms with E-state index >= 15 is 0 Å². The van der Waals surface area contributed by atoms with Crippen LogP contribution in [-0.2, 0) is 0 Å². The van der Waals surface area contributed by atoms with Crippen LogP contribution >= 0.6 is 0 Å². The van der Waals surface area contributed by atoms with Crippen molar-refractivity contribution in [3.8, 4) is 11.5 Å². The molecule has 0 aliphatic heterocycles. The van der Waals surface area contributed by atoms with Gasteiger partial charge in [0.25, 0.3) is 0 Å². The Kier molecular flexibility index (Phi) is 2.41. The van der Waals surface area contributed by atoms with Gasteiger partial charge in [-0.25, -0.2) is 9.37 Å². The Morgan fingerprint density at radius 1 is 1.17 bits per heavy atom. The Morgan fingerprint density at radius 2 is 2.00 bits per heavy atom. The van der Waals surface area contributed by atoms with E-state index in [1.165, 1.54) is 12.1 Å². The maximum absolute atomic E-state index is 13.2. The molecule has 18 heavy (non-hydrogen) atoms. The summed E-state index contributed by atoms with van der Waals surface area (Å²) in [5.41, 5.74) is 0.953. The molecule has 3 aromatic rings. The van der Waals surface area contributed by atoms with Gasteiger partial charge in [0.05, 0.1) is 0 Å². The van der Waals surface area contributed by atoms with E-state index < -0.39 is 5.82 Å². The highest BCUT2D eigenvalue weighted by Crippen LogP contribution is 2.26. The lowest BCUT2D eigenvalue weighted by atomic mass is 10.2. The van der Waals surface area contributed by atoms with Crippen LogP contribution < -0.4 is 0 Å². The lowest BCUT2D eigenvalue weighted by Crippen LogP contribution is -1.94. The van der Waals surface area contributed by atoms with Gasteiger partial charge in [-0.1, -0.05) is 18.2 Å². The van der Waals surface area contributed by atoms with Gasteiger partial charge in [0.2, 0.25) is 0 Å². The highest BCUT2D eigenvalue weighted by atomic mass is 19.1. The number of carbonyl (C=O) groups excluding carboxylic acids is 1. The van der Waals surface area contributed by atoms with Gasteiger partial charge in [-0.05, 0) is 24.3 Å². The standard InChI is InChI=1S/C14H8FNO2/c15-10-5-6-11(16-12(10)8-17)14-7-9-3-1-2-4-13(9)18-14/h1-8H. The lowest BCUT2D eigenvalue weighted by Gasteiger charge is -1.97. The molecule has 3 rings (SSSR count). The average Bonchev–Trinajstić information content (AvgIpc) is 2.83. The zero-order valence-electron chi connectivity index (χ0n) is 9.26. The third-order valence-corrected chi connectivity index (χ3v) is 2.66. The summed E-state index contributed by atoms with van der Waals surface area (Å²) >= 11 is 0. The highest BCUT2D eigenvalue weighted by molar-refractivity contribution is 5.82. The SMILES string of the molecule is O=Cc1nc(-c2cc3ccccc3o2)ccc1F. The molecule has 88 valence electrons. The normalized spacial score (nSPS) is 10.7. The topological polar surface area (TPSA) is 43.1 Å². The molecule has 4 heteroatoms. The highest BCUT2D eigenvalue weighted by Gasteiger charge is 2.10. The van der Waals surface area contributed by atoms with E-state index in [2.05, 4.69) is 4.98 Å². The molecule has 0 unspecified atom stereocenters. The summed E-state index contributed by atoms with van der Waals surface area (Å²) in [7, 11) is 0. The molecule has 0 atom stereocenters. The molecule has 0 saturated heterocycles. The number of fused-ring (bicyclic) bond motifs is 1. The molecule has 0 N–H and O–H groups in total. The number of carbonyl (C=O) groups is 1. The van der Waals surface area contributed by atoms with Gasteiger partial charge in [0, 0.05) is 5.39 Å². The van der Waals surface area contributed by atoms with E-state index in [9.17, 15) is 9.18 Å². The summed E-state index contributed by atoms with van der Waals surface area (Å²) in [6.45, 7) is 0. The Balaban J connectivity index is 2.16. The zero-order valence-corrected chi connectivity index (χ0v) is 9.26. The molecule has 0 spiro atoms. The van der Waals surface area contributed by atoms with Gasteiger partial charge in [-0.3, -0.25) is 4.79 Å². The third kappa shape index (κ3) is 1.68. The number of aldehydes is 1. The molecule has 0 fully saturated rings.